The molecule has 0 fully saturated rings. The Kier molecular flexibility index (Phi) is 4.04. The maximum absolute atomic E-state index is 10.7. The van der Waals surface area contributed by atoms with E-state index in [-0.39, 0.29) is 0 Å². The summed E-state index contributed by atoms with van der Waals surface area (Å²) in [5.74, 6) is 0. The molecular formula is C9H8Cl2O3. The smallest absolute Gasteiger partial charge is 0.438 e. The van der Waals surface area contributed by atoms with E-state index in [4.69, 9.17) is 23.2 Å². The lowest BCUT2D eigenvalue weighted by atomic mass is 10.2. The summed E-state index contributed by atoms with van der Waals surface area (Å²) in [5, 5.41) is 0.441. The first-order valence-corrected chi connectivity index (χ1v) is 4.59. The third kappa shape index (κ3) is 2.79. The molecule has 1 aromatic carbocycles. The van der Waals surface area contributed by atoms with Crippen molar-refractivity contribution in [1.82, 2.24) is 0 Å². The average molecular weight is 235 g/mol. The van der Waals surface area contributed by atoms with Crippen molar-refractivity contribution in [3.63, 3.8) is 0 Å². The Morgan fingerprint density at radius 3 is 2.64 bits per heavy atom. The Labute approximate surface area is 91.5 Å². The monoisotopic (exact) mass is 234 g/mol. The second-order valence-corrected chi connectivity index (χ2v) is 3.21. The van der Waals surface area contributed by atoms with E-state index in [2.05, 4.69) is 9.47 Å². The van der Waals surface area contributed by atoms with E-state index in [1.807, 2.05) is 0 Å². The molecule has 1 unspecified atom stereocenters. The average Bonchev–Trinajstić information content (AvgIpc) is 2.18. The zero-order valence-corrected chi connectivity index (χ0v) is 8.88. The number of rotatable bonds is 2. The van der Waals surface area contributed by atoms with Crippen molar-refractivity contribution in [2.24, 2.45) is 0 Å². The first kappa shape index (κ1) is 11.1. The van der Waals surface area contributed by atoms with Crippen molar-refractivity contribution >= 4 is 29.4 Å². The fraction of sp³-hybridized carbons (Fsp3) is 0.222. The highest BCUT2D eigenvalue weighted by Gasteiger charge is 2.16. The van der Waals surface area contributed by atoms with Crippen LogP contribution in [0.25, 0.3) is 0 Å². The van der Waals surface area contributed by atoms with Crippen molar-refractivity contribution in [1.29, 1.82) is 0 Å². The summed E-state index contributed by atoms with van der Waals surface area (Å²) < 4.78 is 8.98. The number of carbonyl (C=O) groups is 1. The fourth-order valence-electron chi connectivity index (χ4n) is 0.855. The van der Waals surface area contributed by atoms with Gasteiger partial charge in [0.05, 0.1) is 7.11 Å². The molecule has 0 amide bonds. The van der Waals surface area contributed by atoms with Crippen molar-refractivity contribution in [3.8, 4) is 0 Å². The predicted octanol–water partition coefficient (Wildman–Crippen LogP) is 3.36. The van der Waals surface area contributed by atoms with E-state index < -0.39 is 11.7 Å². The van der Waals surface area contributed by atoms with E-state index in [9.17, 15) is 4.79 Å². The highest BCUT2D eigenvalue weighted by atomic mass is 35.5. The Morgan fingerprint density at radius 1 is 1.43 bits per heavy atom. The van der Waals surface area contributed by atoms with E-state index >= 15 is 0 Å². The molecular weight excluding hydrogens is 227 g/mol. The van der Waals surface area contributed by atoms with Gasteiger partial charge in [-0.1, -0.05) is 41.4 Å². The van der Waals surface area contributed by atoms with Crippen LogP contribution in [0.1, 0.15) is 11.1 Å². The highest BCUT2D eigenvalue weighted by Crippen LogP contribution is 2.28. The molecule has 0 aliphatic heterocycles. The Bertz CT molecular complexity index is 328. The molecule has 0 aliphatic carbocycles. The number of ether oxygens (including phenoxy) is 2. The summed E-state index contributed by atoms with van der Waals surface area (Å²) >= 11 is 11.6. The fourth-order valence-corrected chi connectivity index (χ4v) is 1.41. The minimum absolute atomic E-state index is 0.441. The number of alkyl halides is 1. The lowest BCUT2D eigenvalue weighted by Gasteiger charge is -2.11. The van der Waals surface area contributed by atoms with Gasteiger partial charge in [-0.25, -0.2) is 4.79 Å². The van der Waals surface area contributed by atoms with Crippen LogP contribution in [0.15, 0.2) is 24.3 Å². The van der Waals surface area contributed by atoms with E-state index in [1.165, 1.54) is 7.11 Å². The Hall–Kier alpha value is -0.930. The summed E-state index contributed by atoms with van der Waals surface area (Å²) in [4.78, 5) is 10.7. The molecule has 3 nitrogen and oxygen atoms in total. The van der Waals surface area contributed by atoms with Crippen LogP contribution in [0.4, 0.5) is 4.79 Å². The first-order chi connectivity index (χ1) is 6.65. The molecule has 5 heteroatoms. The van der Waals surface area contributed by atoms with Gasteiger partial charge in [0.2, 0.25) is 5.56 Å². The van der Waals surface area contributed by atoms with Crippen LogP contribution in [-0.2, 0) is 9.47 Å². The van der Waals surface area contributed by atoms with Crippen molar-refractivity contribution in [2.45, 2.75) is 5.56 Å². The lowest BCUT2D eigenvalue weighted by molar-refractivity contribution is 0.0619. The molecule has 76 valence electrons. The second-order valence-electron chi connectivity index (χ2n) is 2.41. The summed E-state index contributed by atoms with van der Waals surface area (Å²) in [6.07, 6.45) is -0.843. The van der Waals surface area contributed by atoms with E-state index in [1.54, 1.807) is 24.3 Å². The molecule has 0 N–H and O–H groups in total. The molecule has 0 heterocycles. The topological polar surface area (TPSA) is 35.5 Å². The van der Waals surface area contributed by atoms with Gasteiger partial charge in [-0.3, -0.25) is 0 Å². The van der Waals surface area contributed by atoms with Gasteiger partial charge < -0.3 is 9.47 Å². The standard InChI is InChI=1S/C9H8Cl2O3/c1-13-9(12)14-8(11)6-4-2-3-5-7(6)10/h2-5,8H,1H3. The SMILES string of the molecule is COC(=O)OC(Cl)c1ccccc1Cl. The van der Waals surface area contributed by atoms with Gasteiger partial charge in [-0.05, 0) is 6.07 Å². The molecule has 1 aromatic rings. The number of benzene rings is 1. The normalized spacial score (nSPS) is 11.9. The van der Waals surface area contributed by atoms with Crippen molar-refractivity contribution < 1.29 is 14.3 Å². The van der Waals surface area contributed by atoms with Crippen LogP contribution in [0.2, 0.25) is 5.02 Å². The summed E-state index contributed by atoms with van der Waals surface area (Å²) in [5.41, 5.74) is -0.405. The molecule has 0 saturated heterocycles. The minimum Gasteiger partial charge on any atom is -0.438 e. The molecule has 14 heavy (non-hydrogen) atoms. The van der Waals surface area contributed by atoms with Gasteiger partial charge in [-0.2, -0.15) is 0 Å². The molecule has 1 rings (SSSR count). The van der Waals surface area contributed by atoms with E-state index in [0.717, 1.165) is 0 Å². The zero-order chi connectivity index (χ0) is 10.6. The van der Waals surface area contributed by atoms with Crippen LogP contribution < -0.4 is 0 Å². The van der Waals surface area contributed by atoms with Crippen molar-refractivity contribution in [3.05, 3.63) is 34.9 Å². The number of hydrogen-bond acceptors (Lipinski definition) is 3. The predicted molar refractivity (Wildman–Crippen MR) is 53.5 cm³/mol. The van der Waals surface area contributed by atoms with Crippen molar-refractivity contribution in [2.75, 3.05) is 7.11 Å². The highest BCUT2D eigenvalue weighted by molar-refractivity contribution is 6.32. The van der Waals surface area contributed by atoms with Gasteiger partial charge in [0.1, 0.15) is 0 Å². The maximum Gasteiger partial charge on any atom is 0.509 e. The maximum atomic E-state index is 10.7. The number of carbonyl (C=O) groups excluding carboxylic acids is 1. The van der Waals surface area contributed by atoms with Gasteiger partial charge in [0.15, 0.2) is 0 Å². The number of halogens is 2. The van der Waals surface area contributed by atoms with Crippen LogP contribution in [0.5, 0.6) is 0 Å². The molecule has 0 aromatic heterocycles. The van der Waals surface area contributed by atoms with Gasteiger partial charge in [-0.15, -0.1) is 0 Å². The summed E-state index contributed by atoms with van der Waals surface area (Å²) in [6.45, 7) is 0. The molecule has 0 bridgehead atoms. The first-order valence-electron chi connectivity index (χ1n) is 3.78. The van der Waals surface area contributed by atoms with E-state index in [0.29, 0.717) is 10.6 Å². The van der Waals surface area contributed by atoms with Crippen LogP contribution >= 0.6 is 23.2 Å². The zero-order valence-electron chi connectivity index (χ0n) is 7.37. The molecule has 0 aliphatic rings. The molecule has 0 spiro atoms. The van der Waals surface area contributed by atoms with Crippen LogP contribution in [0.3, 0.4) is 0 Å². The second kappa shape index (κ2) is 5.08. The summed E-state index contributed by atoms with van der Waals surface area (Å²) in [7, 11) is 1.21. The largest absolute Gasteiger partial charge is 0.509 e. The number of hydrogen-bond donors (Lipinski definition) is 0. The van der Waals surface area contributed by atoms with Crippen LogP contribution in [0, 0.1) is 0 Å². The summed E-state index contributed by atoms with van der Waals surface area (Å²) in [6, 6.07) is 6.83. The Morgan fingerprint density at radius 2 is 2.07 bits per heavy atom. The molecule has 0 saturated carbocycles. The lowest BCUT2D eigenvalue weighted by Crippen LogP contribution is -2.07. The minimum atomic E-state index is -0.934. The third-order valence-corrected chi connectivity index (χ3v) is 2.18. The van der Waals surface area contributed by atoms with Gasteiger partial charge >= 0.3 is 6.16 Å². The molecule has 1 atom stereocenters. The van der Waals surface area contributed by atoms with Crippen LogP contribution in [-0.4, -0.2) is 13.3 Å². The molecule has 0 radical (unpaired) electrons. The van der Waals surface area contributed by atoms with Gasteiger partial charge in [0.25, 0.3) is 0 Å². The van der Waals surface area contributed by atoms with Gasteiger partial charge in [0, 0.05) is 10.6 Å². The number of methoxy groups -OCH3 is 1. The third-order valence-electron chi connectivity index (χ3n) is 1.52. The quantitative estimate of drug-likeness (QED) is 0.582. The Balaban J connectivity index is 2.74.